The molecular weight excluding hydrogens is 263 g/mol. The van der Waals surface area contributed by atoms with Crippen molar-refractivity contribution in [2.75, 3.05) is 6.61 Å². The quantitative estimate of drug-likeness (QED) is 0.561. The molecule has 1 unspecified atom stereocenters. The lowest BCUT2D eigenvalue weighted by Gasteiger charge is -2.29. The van der Waals surface area contributed by atoms with E-state index in [0.29, 0.717) is 0 Å². The van der Waals surface area contributed by atoms with Crippen LogP contribution in [0.2, 0.25) is 0 Å². The summed E-state index contributed by atoms with van der Waals surface area (Å²) in [6.45, 7) is 0.590. The minimum Gasteiger partial charge on any atom is -0.743 e. The zero-order valence-corrected chi connectivity index (χ0v) is 8.74. The fourth-order valence-electron chi connectivity index (χ4n) is 0.749. The summed E-state index contributed by atoms with van der Waals surface area (Å²) in [6.07, 6.45) is -9.62. The Hall–Kier alpha value is -0.480. The monoisotopic (exact) mass is 271 g/mol. The van der Waals surface area contributed by atoms with Gasteiger partial charge in [0.05, 0.1) is 0 Å². The van der Waals surface area contributed by atoms with Gasteiger partial charge in [-0.15, -0.1) is 0 Å². The van der Waals surface area contributed by atoms with Crippen LogP contribution in [0.3, 0.4) is 0 Å². The van der Waals surface area contributed by atoms with E-state index in [2.05, 4.69) is 4.74 Å². The van der Waals surface area contributed by atoms with Crippen LogP contribution in [0.25, 0.3) is 0 Å². The molecule has 0 spiro atoms. The average Bonchev–Trinajstić information content (AvgIpc) is 1.99. The lowest BCUT2D eigenvalue weighted by molar-refractivity contribution is -0.264. The average molecular weight is 271 g/mol. The van der Waals surface area contributed by atoms with Crippen LogP contribution in [0.4, 0.5) is 22.0 Å². The largest absolute Gasteiger partial charge is 0.743 e. The molecule has 0 amide bonds. The van der Waals surface area contributed by atoms with Gasteiger partial charge < -0.3 is 9.29 Å². The molecule has 0 rings (SSSR count). The third-order valence-electron chi connectivity index (χ3n) is 1.42. The molecule has 0 aromatic heterocycles. The van der Waals surface area contributed by atoms with Crippen LogP contribution in [-0.4, -0.2) is 37.1 Å². The molecule has 0 N–H and O–H groups in total. The second-order valence-corrected chi connectivity index (χ2v) is 4.26. The van der Waals surface area contributed by atoms with Gasteiger partial charge in [-0.1, -0.05) is 6.92 Å². The smallest absolute Gasteiger partial charge is 0.421 e. The normalized spacial score (nSPS) is 16.2. The Balaban J connectivity index is 5.20. The molecule has 0 aromatic rings. The SMILES string of the molecule is CCCOC(C(F)(F)F)C(F)(F)S(=O)(=O)[O-]. The second kappa shape index (κ2) is 4.80. The summed E-state index contributed by atoms with van der Waals surface area (Å²) in [5.41, 5.74) is 0. The molecule has 10 heteroatoms. The first kappa shape index (κ1) is 15.5. The molecule has 0 aliphatic carbocycles. The van der Waals surface area contributed by atoms with Crippen LogP contribution in [0.15, 0.2) is 0 Å². The van der Waals surface area contributed by atoms with Crippen molar-refractivity contribution in [3.05, 3.63) is 0 Å². The maximum absolute atomic E-state index is 12.7. The highest BCUT2D eigenvalue weighted by atomic mass is 32.2. The molecule has 0 heterocycles. The molecule has 16 heavy (non-hydrogen) atoms. The van der Waals surface area contributed by atoms with Gasteiger partial charge in [-0.05, 0) is 6.42 Å². The zero-order valence-electron chi connectivity index (χ0n) is 7.92. The molecule has 0 aliphatic heterocycles. The number of hydrogen-bond donors (Lipinski definition) is 0. The fourth-order valence-corrected chi connectivity index (χ4v) is 1.21. The van der Waals surface area contributed by atoms with Crippen molar-refractivity contribution in [2.24, 2.45) is 0 Å². The van der Waals surface area contributed by atoms with E-state index in [1.807, 2.05) is 0 Å². The second-order valence-electron chi connectivity index (χ2n) is 2.81. The molecule has 0 bridgehead atoms. The van der Waals surface area contributed by atoms with E-state index in [-0.39, 0.29) is 6.42 Å². The predicted octanol–water partition coefficient (Wildman–Crippen LogP) is 1.48. The molecule has 1 atom stereocenters. The van der Waals surface area contributed by atoms with E-state index in [4.69, 9.17) is 0 Å². The summed E-state index contributed by atoms with van der Waals surface area (Å²) in [4.78, 5) is 0. The molecule has 98 valence electrons. The van der Waals surface area contributed by atoms with Crippen LogP contribution in [0.1, 0.15) is 13.3 Å². The topological polar surface area (TPSA) is 66.4 Å². The van der Waals surface area contributed by atoms with Gasteiger partial charge in [-0.3, -0.25) is 0 Å². The van der Waals surface area contributed by atoms with E-state index < -0.39 is 34.3 Å². The van der Waals surface area contributed by atoms with Crippen LogP contribution in [-0.2, 0) is 14.9 Å². The van der Waals surface area contributed by atoms with Crippen molar-refractivity contribution < 1.29 is 39.7 Å². The van der Waals surface area contributed by atoms with Crippen molar-refractivity contribution in [1.82, 2.24) is 0 Å². The van der Waals surface area contributed by atoms with Gasteiger partial charge in [0, 0.05) is 6.61 Å². The minimum absolute atomic E-state index is 0.0401. The first-order valence-electron chi connectivity index (χ1n) is 3.96. The van der Waals surface area contributed by atoms with Gasteiger partial charge in [0.1, 0.15) is 0 Å². The van der Waals surface area contributed by atoms with Gasteiger partial charge in [-0.25, -0.2) is 8.42 Å². The summed E-state index contributed by atoms with van der Waals surface area (Å²) >= 11 is 0. The first-order valence-corrected chi connectivity index (χ1v) is 5.37. The van der Waals surface area contributed by atoms with Crippen LogP contribution < -0.4 is 0 Å². The zero-order chi connectivity index (χ0) is 13.2. The van der Waals surface area contributed by atoms with Crippen LogP contribution in [0, 0.1) is 0 Å². The molecule has 0 saturated heterocycles. The van der Waals surface area contributed by atoms with Gasteiger partial charge in [-0.2, -0.15) is 22.0 Å². The van der Waals surface area contributed by atoms with Gasteiger partial charge in [0.2, 0.25) is 6.10 Å². The van der Waals surface area contributed by atoms with Crippen molar-refractivity contribution in [3.63, 3.8) is 0 Å². The minimum atomic E-state index is -6.44. The van der Waals surface area contributed by atoms with E-state index >= 15 is 0 Å². The lowest BCUT2D eigenvalue weighted by Crippen LogP contribution is -2.51. The maximum Gasteiger partial charge on any atom is 0.421 e. The Morgan fingerprint density at radius 1 is 1.25 bits per heavy atom. The Bertz CT molecular complexity index is 322. The van der Waals surface area contributed by atoms with Gasteiger partial charge in [0.25, 0.3) is 0 Å². The van der Waals surface area contributed by atoms with Crippen LogP contribution in [0.5, 0.6) is 0 Å². The number of hydrogen-bond acceptors (Lipinski definition) is 4. The van der Waals surface area contributed by atoms with E-state index in [9.17, 15) is 34.9 Å². The highest BCUT2D eigenvalue weighted by Gasteiger charge is 2.61. The lowest BCUT2D eigenvalue weighted by atomic mass is 10.3. The Morgan fingerprint density at radius 3 is 1.94 bits per heavy atom. The maximum atomic E-state index is 12.7. The van der Waals surface area contributed by atoms with Gasteiger partial charge in [0.15, 0.2) is 10.1 Å². The number of halogens is 5. The summed E-state index contributed by atoms with van der Waals surface area (Å²) in [7, 11) is -6.44. The number of ether oxygens (including phenoxy) is 1. The Labute approximate surface area is 88.1 Å². The first-order chi connectivity index (χ1) is 6.94. The van der Waals surface area contributed by atoms with Crippen molar-refractivity contribution >= 4 is 10.1 Å². The van der Waals surface area contributed by atoms with Crippen molar-refractivity contribution in [2.45, 2.75) is 30.9 Å². The third-order valence-corrected chi connectivity index (χ3v) is 2.31. The van der Waals surface area contributed by atoms with E-state index in [1.54, 1.807) is 0 Å². The molecule has 0 aliphatic rings. The molecular formula is C6H8F5O4S-. The summed E-state index contributed by atoms with van der Waals surface area (Å²) < 4.78 is 95.3. The fraction of sp³-hybridized carbons (Fsp3) is 1.00. The number of rotatable bonds is 5. The summed E-state index contributed by atoms with van der Waals surface area (Å²) in [5, 5.41) is -5.54. The standard InChI is InChI=1S/C6H9F5O4S/c1-2-3-15-4(5(7,8)9)6(10,11)16(12,13)14/h4H,2-3H2,1H3,(H,12,13,14)/p-1. The Morgan fingerprint density at radius 2 is 1.69 bits per heavy atom. The highest BCUT2D eigenvalue weighted by molar-refractivity contribution is 7.86. The van der Waals surface area contributed by atoms with Gasteiger partial charge >= 0.3 is 11.4 Å². The van der Waals surface area contributed by atoms with E-state index in [0.717, 1.165) is 0 Å². The molecule has 0 radical (unpaired) electrons. The number of alkyl halides is 5. The third kappa shape index (κ3) is 3.52. The molecule has 0 fully saturated rings. The van der Waals surface area contributed by atoms with Crippen LogP contribution >= 0.6 is 0 Å². The van der Waals surface area contributed by atoms with E-state index in [1.165, 1.54) is 6.92 Å². The van der Waals surface area contributed by atoms with Crippen molar-refractivity contribution in [3.8, 4) is 0 Å². The summed E-state index contributed by atoms with van der Waals surface area (Å²) in [5.74, 6) is 0. The predicted molar refractivity (Wildman–Crippen MR) is 40.7 cm³/mol. The highest BCUT2D eigenvalue weighted by Crippen LogP contribution is 2.37. The summed E-state index contributed by atoms with van der Waals surface area (Å²) in [6, 6.07) is 0. The molecule has 0 saturated carbocycles. The molecule has 4 nitrogen and oxygen atoms in total. The van der Waals surface area contributed by atoms with Crippen molar-refractivity contribution in [1.29, 1.82) is 0 Å². The molecule has 0 aromatic carbocycles. The Kier molecular flexibility index (Phi) is 4.65.